The molecule has 0 aromatic rings. The number of ether oxygens (including phenoxy) is 1. The molecular formula is C7H13NO7. The van der Waals surface area contributed by atoms with Crippen molar-refractivity contribution in [3.63, 3.8) is 0 Å². The average molecular weight is 223 g/mol. The van der Waals surface area contributed by atoms with Gasteiger partial charge in [-0.05, 0) is 0 Å². The third kappa shape index (κ3) is 1.83. The molecule has 88 valence electrons. The fourth-order valence-electron chi connectivity index (χ4n) is 1.38. The number of carboxylic acid groups (broad SMARTS) is 1. The summed E-state index contributed by atoms with van der Waals surface area (Å²) < 4.78 is 4.66. The molecule has 1 rings (SSSR count). The molecule has 7 N–H and O–H groups in total. The maximum atomic E-state index is 10.7. The summed E-state index contributed by atoms with van der Waals surface area (Å²) in [6.45, 7) is -0.746. The first-order valence-electron chi connectivity index (χ1n) is 4.19. The monoisotopic (exact) mass is 223 g/mol. The number of hydrogen-bond donors (Lipinski definition) is 6. The van der Waals surface area contributed by atoms with E-state index in [9.17, 15) is 15.0 Å². The Morgan fingerprint density at radius 3 is 2.40 bits per heavy atom. The summed E-state index contributed by atoms with van der Waals surface area (Å²) in [5, 5.41) is 45.1. The normalized spacial score (nSPS) is 42.9. The van der Waals surface area contributed by atoms with E-state index < -0.39 is 42.7 Å². The van der Waals surface area contributed by atoms with Crippen LogP contribution in [0.25, 0.3) is 0 Å². The summed E-state index contributed by atoms with van der Waals surface area (Å²) in [4.78, 5) is 10.7. The van der Waals surface area contributed by atoms with Crippen LogP contribution in [-0.4, -0.2) is 68.2 Å². The Labute approximate surface area is 84.5 Å². The molecule has 8 heteroatoms. The molecule has 0 spiro atoms. The molecule has 0 aromatic carbocycles. The van der Waals surface area contributed by atoms with Crippen LogP contribution in [0.3, 0.4) is 0 Å². The lowest BCUT2D eigenvalue weighted by molar-refractivity contribution is -0.177. The van der Waals surface area contributed by atoms with Crippen LogP contribution in [0.4, 0.5) is 0 Å². The molecule has 0 aromatic heterocycles. The number of aliphatic carboxylic acids is 1. The highest BCUT2D eigenvalue weighted by molar-refractivity contribution is 5.78. The lowest BCUT2D eigenvalue weighted by Crippen LogP contribution is -2.57. The number of rotatable bonds is 3. The minimum Gasteiger partial charge on any atom is -0.478 e. The Kier molecular flexibility index (Phi) is 3.28. The zero-order chi connectivity index (χ0) is 11.8. The molecular weight excluding hydrogens is 210 g/mol. The summed E-state index contributed by atoms with van der Waals surface area (Å²) in [5.74, 6) is -1.67. The van der Waals surface area contributed by atoms with Crippen molar-refractivity contribution in [3.05, 3.63) is 0 Å². The lowest BCUT2D eigenvalue weighted by Gasteiger charge is -2.22. The first-order chi connectivity index (χ1) is 6.84. The molecule has 1 aliphatic rings. The Morgan fingerprint density at radius 2 is 2.07 bits per heavy atom. The SMILES string of the molecule is N[C@@]1(C(=O)O)OC([C@H](O)CO)C(O)C1O. The van der Waals surface area contributed by atoms with Gasteiger partial charge in [-0.3, -0.25) is 5.73 Å². The summed E-state index contributed by atoms with van der Waals surface area (Å²) in [7, 11) is 0. The number of aliphatic hydroxyl groups is 4. The molecule has 0 bridgehead atoms. The van der Waals surface area contributed by atoms with Crippen LogP contribution in [0.1, 0.15) is 0 Å². The fraction of sp³-hybridized carbons (Fsp3) is 0.857. The number of carbonyl (C=O) groups is 1. The maximum Gasteiger partial charge on any atom is 0.354 e. The highest BCUT2D eigenvalue weighted by atomic mass is 16.6. The van der Waals surface area contributed by atoms with Crippen LogP contribution in [0.2, 0.25) is 0 Å². The predicted octanol–water partition coefficient (Wildman–Crippen LogP) is -3.80. The maximum absolute atomic E-state index is 10.7. The lowest BCUT2D eigenvalue weighted by atomic mass is 10.0. The highest BCUT2D eigenvalue weighted by Gasteiger charge is 2.58. The minimum atomic E-state index is -2.47. The zero-order valence-electron chi connectivity index (χ0n) is 7.65. The quantitative estimate of drug-likeness (QED) is 0.285. The van der Waals surface area contributed by atoms with Crippen LogP contribution in [-0.2, 0) is 9.53 Å². The van der Waals surface area contributed by atoms with Crippen LogP contribution in [0.5, 0.6) is 0 Å². The molecule has 8 nitrogen and oxygen atoms in total. The second-order valence-corrected chi connectivity index (χ2v) is 3.37. The van der Waals surface area contributed by atoms with Crippen molar-refractivity contribution in [2.75, 3.05) is 6.61 Å². The molecule has 3 unspecified atom stereocenters. The van der Waals surface area contributed by atoms with Crippen molar-refractivity contribution >= 4 is 5.97 Å². The third-order valence-electron chi connectivity index (χ3n) is 2.33. The topological polar surface area (TPSA) is 153 Å². The molecule has 0 radical (unpaired) electrons. The summed E-state index contributed by atoms with van der Waals surface area (Å²) in [5.41, 5.74) is 2.72. The van der Waals surface area contributed by atoms with Crippen molar-refractivity contribution in [1.29, 1.82) is 0 Å². The van der Waals surface area contributed by atoms with Gasteiger partial charge in [-0.1, -0.05) is 0 Å². The van der Waals surface area contributed by atoms with E-state index >= 15 is 0 Å². The average Bonchev–Trinajstić information content (AvgIpc) is 2.43. The number of nitrogens with two attached hydrogens (primary N) is 1. The van der Waals surface area contributed by atoms with Crippen LogP contribution in [0.15, 0.2) is 0 Å². The van der Waals surface area contributed by atoms with Crippen molar-refractivity contribution in [2.24, 2.45) is 5.73 Å². The highest BCUT2D eigenvalue weighted by Crippen LogP contribution is 2.29. The smallest absolute Gasteiger partial charge is 0.354 e. The number of hydrogen-bond acceptors (Lipinski definition) is 7. The fourth-order valence-corrected chi connectivity index (χ4v) is 1.38. The molecule has 1 saturated heterocycles. The Morgan fingerprint density at radius 1 is 1.53 bits per heavy atom. The summed E-state index contributed by atoms with van der Waals surface area (Å²) >= 11 is 0. The van der Waals surface area contributed by atoms with E-state index in [1.54, 1.807) is 0 Å². The van der Waals surface area contributed by atoms with Crippen molar-refractivity contribution in [1.82, 2.24) is 0 Å². The second kappa shape index (κ2) is 4.00. The first-order valence-corrected chi connectivity index (χ1v) is 4.19. The summed E-state index contributed by atoms with van der Waals surface area (Å²) in [6, 6.07) is 0. The van der Waals surface area contributed by atoms with Gasteiger partial charge in [-0.2, -0.15) is 0 Å². The van der Waals surface area contributed by atoms with Crippen LogP contribution in [0, 0.1) is 0 Å². The largest absolute Gasteiger partial charge is 0.478 e. The molecule has 0 amide bonds. The molecule has 1 heterocycles. The van der Waals surface area contributed by atoms with Gasteiger partial charge in [0, 0.05) is 0 Å². The molecule has 5 atom stereocenters. The van der Waals surface area contributed by atoms with Gasteiger partial charge in [0.2, 0.25) is 5.72 Å². The van der Waals surface area contributed by atoms with E-state index in [4.69, 9.17) is 21.1 Å². The van der Waals surface area contributed by atoms with Gasteiger partial charge < -0.3 is 30.3 Å². The van der Waals surface area contributed by atoms with E-state index in [2.05, 4.69) is 4.74 Å². The van der Waals surface area contributed by atoms with Gasteiger partial charge in [0.05, 0.1) is 6.61 Å². The van der Waals surface area contributed by atoms with E-state index in [0.29, 0.717) is 0 Å². The van der Waals surface area contributed by atoms with Crippen molar-refractivity contribution in [2.45, 2.75) is 30.1 Å². The van der Waals surface area contributed by atoms with E-state index in [0.717, 1.165) is 0 Å². The van der Waals surface area contributed by atoms with E-state index in [1.807, 2.05) is 0 Å². The molecule has 0 aliphatic carbocycles. The Bertz CT molecular complexity index is 260. The van der Waals surface area contributed by atoms with Gasteiger partial charge in [0.1, 0.15) is 24.4 Å². The first kappa shape index (κ1) is 12.3. The Balaban J connectivity index is 2.89. The zero-order valence-corrected chi connectivity index (χ0v) is 7.65. The van der Waals surface area contributed by atoms with E-state index in [1.165, 1.54) is 0 Å². The van der Waals surface area contributed by atoms with Gasteiger partial charge >= 0.3 is 5.97 Å². The van der Waals surface area contributed by atoms with Gasteiger partial charge in [0.15, 0.2) is 0 Å². The van der Waals surface area contributed by atoms with Gasteiger partial charge in [-0.25, -0.2) is 4.79 Å². The van der Waals surface area contributed by atoms with Crippen molar-refractivity contribution in [3.8, 4) is 0 Å². The molecule has 0 saturated carbocycles. The van der Waals surface area contributed by atoms with Crippen LogP contribution < -0.4 is 5.73 Å². The second-order valence-electron chi connectivity index (χ2n) is 3.37. The standard InChI is InChI=1S/C7H13NO7/c8-7(6(13)14)5(12)3(11)4(15-7)2(10)1-9/h2-5,9-12H,1,8H2,(H,13,14)/t2-,3?,4?,5?,7-/m1/s1. The van der Waals surface area contributed by atoms with Gasteiger partial charge in [-0.15, -0.1) is 0 Å². The molecule has 1 fully saturated rings. The molecule has 1 aliphatic heterocycles. The predicted molar refractivity (Wildman–Crippen MR) is 44.5 cm³/mol. The number of carboxylic acids is 1. The summed E-state index contributed by atoms with van der Waals surface area (Å²) in [6.07, 6.45) is -6.50. The van der Waals surface area contributed by atoms with E-state index in [-0.39, 0.29) is 0 Å². The third-order valence-corrected chi connectivity index (χ3v) is 2.33. The van der Waals surface area contributed by atoms with Gasteiger partial charge in [0.25, 0.3) is 0 Å². The molecule has 15 heavy (non-hydrogen) atoms. The minimum absolute atomic E-state index is 0.746. The van der Waals surface area contributed by atoms with Crippen molar-refractivity contribution < 1.29 is 35.1 Å². The number of aliphatic hydroxyl groups excluding tert-OH is 4. The van der Waals surface area contributed by atoms with Crippen LogP contribution >= 0.6 is 0 Å². The Hall–Kier alpha value is -0.770.